The molecule has 1 saturated heterocycles. The summed E-state index contributed by atoms with van der Waals surface area (Å²) in [5.74, 6) is 1.83. The van der Waals surface area contributed by atoms with E-state index in [1.54, 1.807) is 0 Å². The van der Waals surface area contributed by atoms with Gasteiger partial charge in [-0.25, -0.2) is 0 Å². The van der Waals surface area contributed by atoms with Crippen LogP contribution in [-0.2, 0) is 6.42 Å². The van der Waals surface area contributed by atoms with Crippen LogP contribution in [0.3, 0.4) is 0 Å². The van der Waals surface area contributed by atoms with E-state index in [0.29, 0.717) is 0 Å². The Bertz CT molecular complexity index is 419. The van der Waals surface area contributed by atoms with E-state index in [1.807, 2.05) is 0 Å². The zero-order valence-corrected chi connectivity index (χ0v) is 10.8. The van der Waals surface area contributed by atoms with E-state index >= 15 is 0 Å². The van der Waals surface area contributed by atoms with Crippen molar-refractivity contribution in [3.05, 3.63) is 29.3 Å². The molecule has 2 aliphatic rings. The van der Waals surface area contributed by atoms with Crippen LogP contribution in [0.5, 0.6) is 5.75 Å². The largest absolute Gasteiger partial charge is 0.487 e. The quantitative estimate of drug-likeness (QED) is 0.802. The lowest BCUT2D eigenvalue weighted by Gasteiger charge is -2.23. The van der Waals surface area contributed by atoms with Gasteiger partial charge in [-0.05, 0) is 62.9 Å². The van der Waals surface area contributed by atoms with Gasteiger partial charge in [0.1, 0.15) is 11.4 Å². The maximum Gasteiger partial charge on any atom is 0.123 e. The third kappa shape index (κ3) is 2.19. The maximum absolute atomic E-state index is 5.92. The fourth-order valence-corrected chi connectivity index (χ4v) is 3.04. The van der Waals surface area contributed by atoms with E-state index in [4.69, 9.17) is 4.74 Å². The molecule has 0 bridgehead atoms. The molecule has 0 aromatic heterocycles. The van der Waals surface area contributed by atoms with Crippen LogP contribution in [0.4, 0.5) is 0 Å². The molecule has 3 rings (SSSR count). The van der Waals surface area contributed by atoms with Gasteiger partial charge in [-0.2, -0.15) is 0 Å². The van der Waals surface area contributed by atoms with Crippen LogP contribution >= 0.6 is 0 Å². The highest BCUT2D eigenvalue weighted by molar-refractivity contribution is 5.42. The maximum atomic E-state index is 5.92. The lowest BCUT2D eigenvalue weighted by molar-refractivity contribution is 0.138. The van der Waals surface area contributed by atoms with E-state index in [1.165, 1.54) is 24.0 Å². The SMILES string of the molecule is CC1(C)Cc2cc(C3CCNCC3)ccc2O1. The number of hydrogen-bond acceptors (Lipinski definition) is 2. The number of hydrogen-bond donors (Lipinski definition) is 1. The summed E-state index contributed by atoms with van der Waals surface area (Å²) in [6, 6.07) is 6.80. The predicted octanol–water partition coefficient (Wildman–Crippen LogP) is 2.87. The predicted molar refractivity (Wildman–Crippen MR) is 69.7 cm³/mol. The van der Waals surface area contributed by atoms with Crippen LogP contribution in [0.2, 0.25) is 0 Å². The molecular weight excluding hydrogens is 210 g/mol. The highest BCUT2D eigenvalue weighted by Gasteiger charge is 2.30. The smallest absolute Gasteiger partial charge is 0.123 e. The molecule has 2 aliphatic heterocycles. The molecule has 0 aliphatic carbocycles. The first kappa shape index (κ1) is 11.1. The second-order valence-corrected chi connectivity index (χ2v) is 5.93. The number of rotatable bonds is 1. The average molecular weight is 231 g/mol. The first-order valence-electron chi connectivity index (χ1n) is 6.67. The van der Waals surface area contributed by atoms with Crippen molar-refractivity contribution >= 4 is 0 Å². The van der Waals surface area contributed by atoms with Crippen molar-refractivity contribution in [3.63, 3.8) is 0 Å². The minimum Gasteiger partial charge on any atom is -0.487 e. The molecule has 2 nitrogen and oxygen atoms in total. The van der Waals surface area contributed by atoms with Crippen LogP contribution < -0.4 is 10.1 Å². The summed E-state index contributed by atoms with van der Waals surface area (Å²) in [6.45, 7) is 6.64. The fraction of sp³-hybridized carbons (Fsp3) is 0.600. The van der Waals surface area contributed by atoms with Crippen LogP contribution in [-0.4, -0.2) is 18.7 Å². The van der Waals surface area contributed by atoms with Crippen LogP contribution in [0.15, 0.2) is 18.2 Å². The molecule has 2 heteroatoms. The Labute approximate surface area is 103 Å². The summed E-state index contributed by atoms with van der Waals surface area (Å²) in [6.07, 6.45) is 3.58. The van der Waals surface area contributed by atoms with E-state index in [2.05, 4.69) is 37.4 Å². The minimum absolute atomic E-state index is 0.0188. The molecule has 1 fully saturated rings. The molecule has 0 radical (unpaired) electrons. The van der Waals surface area contributed by atoms with Gasteiger partial charge in [-0.3, -0.25) is 0 Å². The van der Waals surface area contributed by atoms with Crippen molar-refractivity contribution in [2.75, 3.05) is 13.1 Å². The fourth-order valence-electron chi connectivity index (χ4n) is 3.04. The topological polar surface area (TPSA) is 21.3 Å². The van der Waals surface area contributed by atoms with Crippen molar-refractivity contribution in [3.8, 4) is 5.75 Å². The van der Waals surface area contributed by atoms with Gasteiger partial charge in [0.2, 0.25) is 0 Å². The third-order valence-electron chi connectivity index (χ3n) is 3.90. The molecule has 2 heterocycles. The van der Waals surface area contributed by atoms with Gasteiger partial charge >= 0.3 is 0 Å². The molecule has 0 unspecified atom stereocenters. The number of fused-ring (bicyclic) bond motifs is 1. The van der Waals surface area contributed by atoms with Crippen LogP contribution in [0, 0.1) is 0 Å². The van der Waals surface area contributed by atoms with E-state index in [0.717, 1.165) is 31.2 Å². The van der Waals surface area contributed by atoms with Gasteiger partial charge in [0.15, 0.2) is 0 Å². The van der Waals surface area contributed by atoms with Gasteiger partial charge in [0.05, 0.1) is 0 Å². The molecule has 0 atom stereocenters. The molecule has 1 aromatic carbocycles. The third-order valence-corrected chi connectivity index (χ3v) is 3.90. The Kier molecular flexibility index (Phi) is 2.62. The number of nitrogens with one attached hydrogen (secondary N) is 1. The molecule has 0 amide bonds. The van der Waals surface area contributed by atoms with Crippen molar-refractivity contribution in [2.45, 2.75) is 44.6 Å². The van der Waals surface area contributed by atoms with Crippen molar-refractivity contribution < 1.29 is 4.74 Å². The zero-order valence-electron chi connectivity index (χ0n) is 10.8. The number of benzene rings is 1. The van der Waals surface area contributed by atoms with Gasteiger partial charge in [0, 0.05) is 6.42 Å². The summed E-state index contributed by atoms with van der Waals surface area (Å²) < 4.78 is 5.92. The van der Waals surface area contributed by atoms with E-state index in [9.17, 15) is 0 Å². The minimum atomic E-state index is -0.0188. The Morgan fingerprint density at radius 3 is 2.76 bits per heavy atom. The average Bonchev–Trinajstić information content (AvgIpc) is 2.63. The molecule has 92 valence electrons. The van der Waals surface area contributed by atoms with Crippen molar-refractivity contribution in [2.24, 2.45) is 0 Å². The highest BCUT2D eigenvalue weighted by Crippen LogP contribution is 2.37. The summed E-state index contributed by atoms with van der Waals surface area (Å²) in [4.78, 5) is 0. The lowest BCUT2D eigenvalue weighted by atomic mass is 9.88. The summed E-state index contributed by atoms with van der Waals surface area (Å²) in [7, 11) is 0. The molecule has 1 N–H and O–H groups in total. The summed E-state index contributed by atoms with van der Waals surface area (Å²) >= 11 is 0. The standard InChI is InChI=1S/C15H21NO/c1-15(2)10-13-9-12(3-4-14(13)17-15)11-5-7-16-8-6-11/h3-4,9,11,16H,5-8,10H2,1-2H3. The Morgan fingerprint density at radius 2 is 2.00 bits per heavy atom. The Hall–Kier alpha value is -1.02. The van der Waals surface area contributed by atoms with Crippen LogP contribution in [0.1, 0.15) is 43.7 Å². The van der Waals surface area contributed by atoms with Crippen LogP contribution in [0.25, 0.3) is 0 Å². The summed E-state index contributed by atoms with van der Waals surface area (Å²) in [5, 5.41) is 3.43. The Morgan fingerprint density at radius 1 is 1.24 bits per heavy atom. The molecular formula is C15H21NO. The van der Waals surface area contributed by atoms with Crippen molar-refractivity contribution in [1.82, 2.24) is 5.32 Å². The second-order valence-electron chi connectivity index (χ2n) is 5.93. The van der Waals surface area contributed by atoms with E-state index in [-0.39, 0.29) is 5.60 Å². The van der Waals surface area contributed by atoms with Gasteiger partial charge in [0.25, 0.3) is 0 Å². The van der Waals surface area contributed by atoms with E-state index < -0.39 is 0 Å². The first-order valence-corrected chi connectivity index (χ1v) is 6.67. The van der Waals surface area contributed by atoms with Gasteiger partial charge in [-0.1, -0.05) is 12.1 Å². The van der Waals surface area contributed by atoms with Crippen molar-refractivity contribution in [1.29, 1.82) is 0 Å². The number of piperidine rings is 1. The molecule has 0 spiro atoms. The normalized spacial score (nSPS) is 23.2. The first-order chi connectivity index (χ1) is 8.14. The Balaban J connectivity index is 1.85. The molecule has 17 heavy (non-hydrogen) atoms. The monoisotopic (exact) mass is 231 g/mol. The second kappa shape index (κ2) is 4.02. The molecule has 1 aromatic rings. The summed E-state index contributed by atoms with van der Waals surface area (Å²) in [5.41, 5.74) is 2.88. The zero-order chi connectivity index (χ0) is 11.9. The van der Waals surface area contributed by atoms with Gasteiger partial charge in [-0.15, -0.1) is 0 Å². The highest BCUT2D eigenvalue weighted by atomic mass is 16.5. The number of ether oxygens (including phenoxy) is 1. The lowest BCUT2D eigenvalue weighted by Crippen LogP contribution is -2.26. The molecule has 0 saturated carbocycles. The van der Waals surface area contributed by atoms with Gasteiger partial charge < -0.3 is 10.1 Å².